The molecule has 58 heavy (non-hydrogen) atoms. The van der Waals surface area contributed by atoms with E-state index in [4.69, 9.17) is 47.4 Å². The van der Waals surface area contributed by atoms with E-state index in [1.54, 1.807) is 18.2 Å². The molecule has 3 aromatic carbocycles. The zero-order valence-electron chi connectivity index (χ0n) is 34.8. The minimum Gasteiger partial charge on any atom is -0.497 e. The lowest BCUT2D eigenvalue weighted by atomic mass is 9.92. The van der Waals surface area contributed by atoms with E-state index in [2.05, 4.69) is 6.92 Å². The Hall–Kier alpha value is -5.66. The van der Waals surface area contributed by atoms with Crippen LogP contribution in [0.15, 0.2) is 54.6 Å². The highest BCUT2D eigenvalue weighted by Crippen LogP contribution is 2.31. The molecule has 3 rings (SSSR count). The number of benzene rings is 3. The van der Waals surface area contributed by atoms with E-state index in [9.17, 15) is 19.2 Å². The molecule has 318 valence electrons. The van der Waals surface area contributed by atoms with Crippen molar-refractivity contribution >= 4 is 23.9 Å². The van der Waals surface area contributed by atoms with Crippen LogP contribution < -0.4 is 28.4 Å². The SMILES string of the molecule is CCCCCCCCCCCC(=O)OCC(COC(=O)c1ccc(OC)cc1OC)(COC(=O)c1ccc(OC)cc1OC)COC(=O)c1ccc(OC)cc1OC. The Morgan fingerprint density at radius 2 is 0.759 bits per heavy atom. The van der Waals surface area contributed by atoms with E-state index in [1.807, 2.05) is 0 Å². The first-order chi connectivity index (χ1) is 28.1. The largest absolute Gasteiger partial charge is 0.497 e. The minimum absolute atomic E-state index is 0.0690. The van der Waals surface area contributed by atoms with Gasteiger partial charge < -0.3 is 47.4 Å². The molecule has 0 fully saturated rings. The molecule has 0 aliphatic heterocycles. The second-order valence-electron chi connectivity index (χ2n) is 13.7. The second-order valence-corrected chi connectivity index (χ2v) is 13.7. The highest BCUT2D eigenvalue weighted by molar-refractivity contribution is 5.94. The van der Waals surface area contributed by atoms with Crippen molar-refractivity contribution in [2.45, 2.75) is 71.1 Å². The summed E-state index contributed by atoms with van der Waals surface area (Å²) in [4.78, 5) is 54.0. The van der Waals surface area contributed by atoms with Crippen LogP contribution in [-0.2, 0) is 23.7 Å². The molecular weight excluding hydrogens is 752 g/mol. The molecule has 0 amide bonds. The third kappa shape index (κ3) is 14.4. The molecule has 14 heteroatoms. The van der Waals surface area contributed by atoms with Crippen LogP contribution >= 0.6 is 0 Å². The normalized spacial score (nSPS) is 10.9. The van der Waals surface area contributed by atoms with Gasteiger partial charge in [-0.2, -0.15) is 0 Å². The van der Waals surface area contributed by atoms with Crippen LogP contribution in [-0.4, -0.2) is 93.0 Å². The summed E-state index contributed by atoms with van der Waals surface area (Å²) in [6.45, 7) is 0.177. The highest BCUT2D eigenvalue weighted by Gasteiger charge is 2.39. The fourth-order valence-corrected chi connectivity index (χ4v) is 5.93. The Kier molecular flexibility index (Phi) is 20.0. The van der Waals surface area contributed by atoms with Crippen LogP contribution in [0.4, 0.5) is 0 Å². The van der Waals surface area contributed by atoms with Crippen LogP contribution in [0, 0.1) is 5.41 Å². The van der Waals surface area contributed by atoms with Crippen LogP contribution in [0.2, 0.25) is 0 Å². The van der Waals surface area contributed by atoms with Gasteiger partial charge in [-0.05, 0) is 42.8 Å². The number of hydrogen-bond donors (Lipinski definition) is 0. The topological polar surface area (TPSA) is 161 Å². The molecule has 0 spiro atoms. The van der Waals surface area contributed by atoms with Gasteiger partial charge in [0.05, 0.1) is 42.7 Å². The van der Waals surface area contributed by atoms with Gasteiger partial charge in [0.1, 0.15) is 83.0 Å². The smallest absolute Gasteiger partial charge is 0.341 e. The van der Waals surface area contributed by atoms with Gasteiger partial charge in [-0.3, -0.25) is 4.79 Å². The van der Waals surface area contributed by atoms with Gasteiger partial charge in [-0.15, -0.1) is 0 Å². The minimum atomic E-state index is -1.60. The summed E-state index contributed by atoms with van der Waals surface area (Å²) in [7, 11) is 8.60. The predicted molar refractivity (Wildman–Crippen MR) is 215 cm³/mol. The fourth-order valence-electron chi connectivity index (χ4n) is 5.93. The first kappa shape index (κ1) is 46.7. The van der Waals surface area contributed by atoms with E-state index in [0.29, 0.717) is 23.7 Å². The van der Waals surface area contributed by atoms with Crippen molar-refractivity contribution in [3.8, 4) is 34.5 Å². The lowest BCUT2D eigenvalue weighted by molar-refractivity contribution is -0.151. The Morgan fingerprint density at radius 1 is 0.431 bits per heavy atom. The van der Waals surface area contributed by atoms with Crippen molar-refractivity contribution in [3.63, 3.8) is 0 Å². The van der Waals surface area contributed by atoms with E-state index in [1.165, 1.54) is 105 Å². The molecular formula is C44H58O14. The van der Waals surface area contributed by atoms with Crippen LogP contribution in [0.5, 0.6) is 34.5 Å². The average molecular weight is 811 g/mol. The molecule has 0 atom stereocenters. The van der Waals surface area contributed by atoms with Crippen molar-refractivity contribution in [3.05, 3.63) is 71.3 Å². The summed E-state index contributed by atoms with van der Waals surface area (Å²) in [6.07, 6.45) is 9.76. The molecule has 3 aromatic rings. The molecule has 0 saturated heterocycles. The Balaban J connectivity index is 1.91. The monoisotopic (exact) mass is 810 g/mol. The fraction of sp³-hybridized carbons (Fsp3) is 0.500. The van der Waals surface area contributed by atoms with Gasteiger partial charge in [0.15, 0.2) is 0 Å². The van der Waals surface area contributed by atoms with Crippen molar-refractivity contribution in [2.75, 3.05) is 69.1 Å². The summed E-state index contributed by atoms with van der Waals surface area (Å²) >= 11 is 0. The zero-order chi connectivity index (χ0) is 42.3. The van der Waals surface area contributed by atoms with Gasteiger partial charge in [-0.25, -0.2) is 14.4 Å². The number of esters is 4. The van der Waals surface area contributed by atoms with Crippen molar-refractivity contribution in [1.29, 1.82) is 0 Å². The lowest BCUT2D eigenvalue weighted by Gasteiger charge is -2.32. The second kappa shape index (κ2) is 24.9. The van der Waals surface area contributed by atoms with E-state index in [0.717, 1.165) is 25.7 Å². The van der Waals surface area contributed by atoms with Crippen molar-refractivity contribution in [2.24, 2.45) is 5.41 Å². The summed E-state index contributed by atoms with van der Waals surface area (Å²) in [5.41, 5.74) is -1.40. The molecule has 0 radical (unpaired) electrons. The first-order valence-electron chi connectivity index (χ1n) is 19.4. The molecule has 0 bridgehead atoms. The van der Waals surface area contributed by atoms with Crippen LogP contribution in [0.1, 0.15) is 102 Å². The van der Waals surface area contributed by atoms with E-state index in [-0.39, 0.29) is 40.4 Å². The van der Waals surface area contributed by atoms with E-state index >= 15 is 0 Å². The predicted octanol–water partition coefficient (Wildman–Crippen LogP) is 8.06. The Labute approximate surface area is 341 Å². The number of hydrogen-bond acceptors (Lipinski definition) is 14. The molecule has 0 N–H and O–H groups in total. The maximum atomic E-state index is 13.6. The van der Waals surface area contributed by atoms with Gasteiger partial charge in [0.2, 0.25) is 0 Å². The lowest BCUT2D eigenvalue weighted by Crippen LogP contribution is -2.44. The van der Waals surface area contributed by atoms with Gasteiger partial charge >= 0.3 is 23.9 Å². The highest BCUT2D eigenvalue weighted by atomic mass is 16.6. The van der Waals surface area contributed by atoms with Crippen LogP contribution in [0.25, 0.3) is 0 Å². The van der Waals surface area contributed by atoms with Crippen molar-refractivity contribution < 1.29 is 66.5 Å². The van der Waals surface area contributed by atoms with Crippen LogP contribution in [0.3, 0.4) is 0 Å². The quantitative estimate of drug-likeness (QED) is 0.0413. The van der Waals surface area contributed by atoms with Gasteiger partial charge in [0, 0.05) is 24.6 Å². The molecule has 0 heterocycles. The van der Waals surface area contributed by atoms with Gasteiger partial charge in [-0.1, -0.05) is 58.3 Å². The van der Waals surface area contributed by atoms with Crippen molar-refractivity contribution in [1.82, 2.24) is 0 Å². The average Bonchev–Trinajstić information content (AvgIpc) is 3.26. The third-order valence-corrected chi connectivity index (χ3v) is 9.44. The molecule has 0 saturated carbocycles. The number of carbonyl (C=O) groups is 4. The number of rotatable bonds is 27. The maximum Gasteiger partial charge on any atom is 0.341 e. The zero-order valence-corrected chi connectivity index (χ0v) is 34.8. The summed E-state index contributed by atoms with van der Waals surface area (Å²) in [5, 5.41) is 0. The summed E-state index contributed by atoms with van der Waals surface area (Å²) in [5.74, 6) is -1.06. The number of methoxy groups -OCH3 is 6. The Morgan fingerprint density at radius 3 is 1.09 bits per heavy atom. The summed E-state index contributed by atoms with van der Waals surface area (Å²) in [6, 6.07) is 13.7. The third-order valence-electron chi connectivity index (χ3n) is 9.44. The maximum absolute atomic E-state index is 13.6. The number of ether oxygens (including phenoxy) is 10. The number of carbonyl (C=O) groups excluding carboxylic acids is 4. The Bertz CT molecular complexity index is 1600. The molecule has 0 aliphatic carbocycles. The van der Waals surface area contributed by atoms with Gasteiger partial charge in [0.25, 0.3) is 0 Å². The molecule has 14 nitrogen and oxygen atoms in total. The number of unbranched alkanes of at least 4 members (excludes halogenated alkanes) is 8. The molecule has 0 aromatic heterocycles. The summed E-state index contributed by atoms with van der Waals surface area (Å²) < 4.78 is 55.2. The first-order valence-corrected chi connectivity index (χ1v) is 19.4. The standard InChI is InChI=1S/C44H58O14/c1-8-9-10-11-12-13-14-15-16-17-40(45)55-27-44(28-56-41(46)34-21-18-31(49-2)24-37(34)52-5,29-57-42(47)35-22-19-32(50-3)25-38(35)53-6)30-58-43(48)36-23-20-33(51-4)26-39(36)54-7/h18-26H,8-17,27-30H2,1-7H3. The van der Waals surface area contributed by atoms with E-state index < -0.39 is 55.7 Å². The molecule has 0 unspecified atom stereocenters. The molecule has 0 aliphatic rings.